The Morgan fingerprint density at radius 1 is 1.24 bits per heavy atom. The van der Waals surface area contributed by atoms with Gasteiger partial charge >= 0.3 is 0 Å². The van der Waals surface area contributed by atoms with Crippen LogP contribution in [-0.2, 0) is 5.54 Å². The van der Waals surface area contributed by atoms with E-state index in [1.807, 2.05) is 16.8 Å². The number of nitrogen functional groups attached to an aromatic ring is 1. The minimum absolute atomic E-state index is 0.0243. The largest absolute Gasteiger partial charge is 0.496 e. The Morgan fingerprint density at radius 2 is 2.00 bits per heavy atom. The van der Waals surface area contributed by atoms with Crippen molar-refractivity contribution in [1.82, 2.24) is 20.2 Å². The fourth-order valence-electron chi connectivity index (χ4n) is 3.14. The van der Waals surface area contributed by atoms with E-state index in [0.717, 1.165) is 24.2 Å². The Bertz CT molecular complexity index is 631. The van der Waals surface area contributed by atoms with Crippen molar-refractivity contribution < 1.29 is 4.74 Å². The van der Waals surface area contributed by atoms with Crippen molar-refractivity contribution in [3.8, 4) is 17.1 Å². The van der Waals surface area contributed by atoms with E-state index in [0.29, 0.717) is 11.4 Å². The predicted molar refractivity (Wildman–Crippen MR) is 81.0 cm³/mol. The average molecular weight is 287 g/mol. The summed E-state index contributed by atoms with van der Waals surface area (Å²) < 4.78 is 7.39. The Kier molecular flexibility index (Phi) is 3.53. The van der Waals surface area contributed by atoms with Crippen LogP contribution < -0.4 is 10.5 Å². The maximum Gasteiger partial charge on any atom is 0.186 e. The van der Waals surface area contributed by atoms with Crippen molar-refractivity contribution in [2.75, 3.05) is 12.8 Å². The molecule has 6 heteroatoms. The maximum atomic E-state index is 5.82. The molecule has 1 aliphatic rings. The van der Waals surface area contributed by atoms with Crippen LogP contribution in [-0.4, -0.2) is 27.3 Å². The summed E-state index contributed by atoms with van der Waals surface area (Å²) in [6.45, 7) is 2.23. The lowest BCUT2D eigenvalue weighted by atomic mass is 9.83. The third kappa shape index (κ3) is 2.46. The van der Waals surface area contributed by atoms with Crippen molar-refractivity contribution in [3.63, 3.8) is 0 Å². The highest BCUT2D eigenvalue weighted by molar-refractivity contribution is 5.68. The molecule has 1 heterocycles. The molecular formula is C15H21N5O. The standard InChI is InChI=1S/C15H21N5O/c1-15(8-4-3-5-9-15)20-14(17-18-19-20)12-7-6-11(16)10-13(12)21-2/h6-7,10H,3-5,8-9,16H2,1-2H3. The van der Waals surface area contributed by atoms with Crippen molar-refractivity contribution in [2.45, 2.75) is 44.6 Å². The van der Waals surface area contributed by atoms with Crippen LogP contribution in [0, 0.1) is 0 Å². The van der Waals surface area contributed by atoms with E-state index in [-0.39, 0.29) is 5.54 Å². The second-order valence-electron chi connectivity index (χ2n) is 5.93. The van der Waals surface area contributed by atoms with E-state index in [9.17, 15) is 0 Å². The molecule has 21 heavy (non-hydrogen) atoms. The number of benzene rings is 1. The van der Waals surface area contributed by atoms with E-state index in [2.05, 4.69) is 22.4 Å². The highest BCUT2D eigenvalue weighted by Crippen LogP contribution is 2.38. The lowest BCUT2D eigenvalue weighted by Crippen LogP contribution is -2.34. The minimum atomic E-state index is -0.0243. The lowest BCUT2D eigenvalue weighted by Gasteiger charge is -2.34. The van der Waals surface area contributed by atoms with Gasteiger partial charge in [-0.15, -0.1) is 5.10 Å². The van der Waals surface area contributed by atoms with Gasteiger partial charge in [-0.05, 0) is 42.3 Å². The third-order valence-electron chi connectivity index (χ3n) is 4.38. The Balaban J connectivity index is 2.07. The van der Waals surface area contributed by atoms with Gasteiger partial charge in [0.05, 0.1) is 18.2 Å². The number of ether oxygens (including phenoxy) is 1. The molecule has 112 valence electrons. The van der Waals surface area contributed by atoms with E-state index in [4.69, 9.17) is 10.5 Å². The van der Waals surface area contributed by atoms with Gasteiger partial charge in [0.2, 0.25) is 0 Å². The smallest absolute Gasteiger partial charge is 0.186 e. The Hall–Kier alpha value is -2.11. The summed E-state index contributed by atoms with van der Waals surface area (Å²) in [5, 5.41) is 12.4. The van der Waals surface area contributed by atoms with Crippen LogP contribution in [0.15, 0.2) is 18.2 Å². The van der Waals surface area contributed by atoms with Crippen LogP contribution in [0.4, 0.5) is 5.69 Å². The fourth-order valence-corrected chi connectivity index (χ4v) is 3.14. The second kappa shape index (κ2) is 5.35. The maximum absolute atomic E-state index is 5.82. The molecule has 1 saturated carbocycles. The van der Waals surface area contributed by atoms with Crippen LogP contribution in [0.25, 0.3) is 11.4 Å². The van der Waals surface area contributed by atoms with E-state index >= 15 is 0 Å². The molecule has 0 spiro atoms. The van der Waals surface area contributed by atoms with Gasteiger partial charge in [-0.2, -0.15) is 0 Å². The van der Waals surface area contributed by atoms with E-state index < -0.39 is 0 Å². The first-order valence-electron chi connectivity index (χ1n) is 7.37. The molecule has 0 bridgehead atoms. The Labute approximate surface area is 124 Å². The molecule has 1 aromatic carbocycles. The summed E-state index contributed by atoms with van der Waals surface area (Å²) in [6.07, 6.45) is 5.92. The highest BCUT2D eigenvalue weighted by atomic mass is 16.5. The molecule has 2 N–H and O–H groups in total. The number of hydrogen-bond donors (Lipinski definition) is 1. The van der Waals surface area contributed by atoms with Gasteiger partial charge < -0.3 is 10.5 Å². The number of nitrogens with two attached hydrogens (primary N) is 1. The van der Waals surface area contributed by atoms with Crippen molar-refractivity contribution in [2.24, 2.45) is 0 Å². The molecular weight excluding hydrogens is 266 g/mol. The molecule has 0 amide bonds. The second-order valence-corrected chi connectivity index (χ2v) is 5.93. The van der Waals surface area contributed by atoms with Gasteiger partial charge in [-0.25, -0.2) is 4.68 Å². The quantitative estimate of drug-likeness (QED) is 0.878. The number of nitrogens with zero attached hydrogens (tertiary/aromatic N) is 4. The van der Waals surface area contributed by atoms with Crippen molar-refractivity contribution >= 4 is 5.69 Å². The molecule has 0 saturated heterocycles. The molecule has 2 aromatic rings. The molecule has 1 fully saturated rings. The highest BCUT2D eigenvalue weighted by Gasteiger charge is 2.33. The molecule has 0 radical (unpaired) electrons. The van der Waals surface area contributed by atoms with Gasteiger partial charge in [-0.3, -0.25) is 0 Å². The number of anilines is 1. The summed E-state index contributed by atoms with van der Waals surface area (Å²) in [4.78, 5) is 0. The lowest BCUT2D eigenvalue weighted by molar-refractivity contribution is 0.196. The number of methoxy groups -OCH3 is 1. The number of tetrazole rings is 1. The normalized spacial score (nSPS) is 17.6. The predicted octanol–water partition coefficient (Wildman–Crippen LogP) is 2.61. The SMILES string of the molecule is COc1cc(N)ccc1-c1nnnn1C1(C)CCCCC1. The summed E-state index contributed by atoms with van der Waals surface area (Å²) in [5.41, 5.74) is 7.34. The Morgan fingerprint density at radius 3 is 2.71 bits per heavy atom. The molecule has 1 aromatic heterocycles. The summed E-state index contributed by atoms with van der Waals surface area (Å²) >= 11 is 0. The molecule has 0 unspecified atom stereocenters. The first-order valence-corrected chi connectivity index (χ1v) is 7.37. The van der Waals surface area contributed by atoms with Crippen LogP contribution in [0.5, 0.6) is 5.75 Å². The van der Waals surface area contributed by atoms with Gasteiger partial charge in [0.15, 0.2) is 5.82 Å². The van der Waals surface area contributed by atoms with Crippen LogP contribution >= 0.6 is 0 Å². The van der Waals surface area contributed by atoms with Gasteiger partial charge in [0.25, 0.3) is 0 Å². The van der Waals surface area contributed by atoms with Gasteiger partial charge in [0.1, 0.15) is 5.75 Å². The van der Waals surface area contributed by atoms with Crippen LogP contribution in [0.1, 0.15) is 39.0 Å². The zero-order chi connectivity index (χ0) is 14.9. The molecule has 6 nitrogen and oxygen atoms in total. The molecule has 0 atom stereocenters. The zero-order valence-corrected chi connectivity index (χ0v) is 12.5. The summed E-state index contributed by atoms with van der Waals surface area (Å²) in [7, 11) is 1.63. The molecule has 1 aliphatic carbocycles. The van der Waals surface area contributed by atoms with Gasteiger partial charge in [0, 0.05) is 11.8 Å². The first-order chi connectivity index (χ1) is 10.1. The fraction of sp³-hybridized carbons (Fsp3) is 0.533. The average Bonchev–Trinajstić information content (AvgIpc) is 2.98. The van der Waals surface area contributed by atoms with Crippen LogP contribution in [0.3, 0.4) is 0 Å². The monoisotopic (exact) mass is 287 g/mol. The van der Waals surface area contributed by atoms with Crippen LogP contribution in [0.2, 0.25) is 0 Å². The number of hydrogen-bond acceptors (Lipinski definition) is 5. The van der Waals surface area contributed by atoms with E-state index in [1.54, 1.807) is 13.2 Å². The minimum Gasteiger partial charge on any atom is -0.496 e. The van der Waals surface area contributed by atoms with E-state index in [1.165, 1.54) is 19.3 Å². The third-order valence-corrected chi connectivity index (χ3v) is 4.38. The van der Waals surface area contributed by atoms with Gasteiger partial charge in [-0.1, -0.05) is 19.3 Å². The van der Waals surface area contributed by atoms with Crippen molar-refractivity contribution in [1.29, 1.82) is 0 Å². The first kappa shape index (κ1) is 13.9. The topological polar surface area (TPSA) is 78.8 Å². The molecule has 0 aliphatic heterocycles. The summed E-state index contributed by atoms with van der Waals surface area (Å²) in [6, 6.07) is 5.57. The molecule has 3 rings (SSSR count). The number of aromatic nitrogens is 4. The zero-order valence-electron chi connectivity index (χ0n) is 12.5. The summed E-state index contributed by atoms with van der Waals surface area (Å²) in [5.74, 6) is 1.45. The van der Waals surface area contributed by atoms with Crippen molar-refractivity contribution in [3.05, 3.63) is 18.2 Å². The number of rotatable bonds is 3.